The highest BCUT2D eigenvalue weighted by Crippen LogP contribution is 2.36. The van der Waals surface area contributed by atoms with E-state index in [1.165, 1.54) is 23.9 Å². The Morgan fingerprint density at radius 2 is 1.79 bits per heavy atom. The van der Waals surface area contributed by atoms with Crippen LogP contribution < -0.4 is 15.4 Å². The van der Waals surface area contributed by atoms with E-state index in [0.29, 0.717) is 10.9 Å². The molecule has 1 aliphatic rings. The predicted molar refractivity (Wildman–Crippen MR) is 109 cm³/mol. The second-order valence-corrected chi connectivity index (χ2v) is 7.10. The van der Waals surface area contributed by atoms with Crippen LogP contribution in [0.4, 0.5) is 30.2 Å². The van der Waals surface area contributed by atoms with Gasteiger partial charge in [0.05, 0.1) is 17.1 Å². The minimum Gasteiger partial charge on any atom is -0.406 e. The van der Waals surface area contributed by atoms with Gasteiger partial charge < -0.3 is 15.4 Å². The first-order valence-electron chi connectivity index (χ1n) is 8.53. The zero-order valence-electron chi connectivity index (χ0n) is 14.8. The van der Waals surface area contributed by atoms with E-state index >= 15 is 0 Å². The second kappa shape index (κ2) is 7.67. The third kappa shape index (κ3) is 4.62. The van der Waals surface area contributed by atoms with Crippen molar-refractivity contribution in [1.29, 1.82) is 0 Å². The number of hydrogen-bond acceptors (Lipinski definition) is 5. The van der Waals surface area contributed by atoms with Crippen LogP contribution in [0.1, 0.15) is 0 Å². The standard InChI is InChI=1S/C20H14F3N3O2S/c21-20(22,23)28-14-9-7-13(8-10-14)24-17(27)11-29-19-25-15-5-1-3-12-4-2-6-16(26-19)18(12)15/h1-10H,11H2,(H,24,27)(H,25,26). The molecular formula is C20H14F3N3O2S. The van der Waals surface area contributed by atoms with Gasteiger partial charge in [-0.3, -0.25) is 4.79 Å². The molecule has 0 spiro atoms. The number of amidine groups is 1. The molecule has 1 heterocycles. The lowest BCUT2D eigenvalue weighted by atomic mass is 10.1. The quantitative estimate of drug-likeness (QED) is 0.587. The first-order valence-corrected chi connectivity index (χ1v) is 9.52. The third-order valence-corrected chi connectivity index (χ3v) is 4.93. The van der Waals surface area contributed by atoms with Crippen LogP contribution in [0.5, 0.6) is 5.75 Å². The number of aliphatic imine (C=N–C) groups is 1. The number of nitrogens with zero attached hydrogens (tertiary/aromatic N) is 1. The SMILES string of the molecule is O=C(CSC1=Nc2cccc3cccc(c23)N1)Nc1ccc(OC(F)(F)F)cc1. The van der Waals surface area contributed by atoms with Gasteiger partial charge in [0.25, 0.3) is 0 Å². The van der Waals surface area contributed by atoms with Crippen molar-refractivity contribution in [2.45, 2.75) is 6.36 Å². The number of hydrogen-bond donors (Lipinski definition) is 2. The number of ether oxygens (including phenoxy) is 1. The lowest BCUT2D eigenvalue weighted by Gasteiger charge is -2.18. The lowest BCUT2D eigenvalue weighted by Crippen LogP contribution is -2.19. The van der Waals surface area contributed by atoms with Crippen LogP contribution in [0, 0.1) is 0 Å². The van der Waals surface area contributed by atoms with Crippen molar-refractivity contribution in [1.82, 2.24) is 0 Å². The molecule has 0 bridgehead atoms. The van der Waals surface area contributed by atoms with Crippen LogP contribution >= 0.6 is 11.8 Å². The summed E-state index contributed by atoms with van der Waals surface area (Å²) in [5.41, 5.74) is 2.13. The lowest BCUT2D eigenvalue weighted by molar-refractivity contribution is -0.274. The van der Waals surface area contributed by atoms with Gasteiger partial charge >= 0.3 is 6.36 Å². The Kier molecular flexibility index (Phi) is 5.06. The highest BCUT2D eigenvalue weighted by molar-refractivity contribution is 8.14. The van der Waals surface area contributed by atoms with Gasteiger partial charge in [0.15, 0.2) is 5.17 Å². The van der Waals surface area contributed by atoms with E-state index in [1.54, 1.807) is 0 Å². The number of halogens is 3. The molecule has 9 heteroatoms. The zero-order chi connectivity index (χ0) is 20.4. The fourth-order valence-corrected chi connectivity index (χ4v) is 3.60. The molecule has 2 N–H and O–H groups in total. The Labute approximate surface area is 168 Å². The highest BCUT2D eigenvalue weighted by atomic mass is 32.2. The number of amides is 1. The maximum absolute atomic E-state index is 12.2. The molecular weight excluding hydrogens is 403 g/mol. The first kappa shape index (κ1) is 19.1. The summed E-state index contributed by atoms with van der Waals surface area (Å²) in [6.07, 6.45) is -4.75. The van der Waals surface area contributed by atoms with Gasteiger partial charge in [-0.25, -0.2) is 4.99 Å². The average Bonchev–Trinajstić information content (AvgIpc) is 2.67. The molecule has 1 amide bonds. The molecule has 4 rings (SSSR count). The van der Waals surface area contributed by atoms with Crippen molar-refractivity contribution < 1.29 is 22.7 Å². The van der Waals surface area contributed by atoms with Gasteiger partial charge in [-0.05, 0) is 41.8 Å². The number of rotatable bonds is 4. The van der Waals surface area contributed by atoms with E-state index < -0.39 is 6.36 Å². The summed E-state index contributed by atoms with van der Waals surface area (Å²) in [6, 6.07) is 16.7. The topological polar surface area (TPSA) is 62.7 Å². The summed E-state index contributed by atoms with van der Waals surface area (Å²) in [6.45, 7) is 0. The fourth-order valence-electron chi connectivity index (χ4n) is 2.91. The van der Waals surface area contributed by atoms with Gasteiger partial charge in [0, 0.05) is 11.1 Å². The monoisotopic (exact) mass is 417 g/mol. The number of thioether (sulfide) groups is 1. The van der Waals surface area contributed by atoms with E-state index in [9.17, 15) is 18.0 Å². The number of carbonyl (C=O) groups is 1. The molecule has 0 unspecified atom stereocenters. The van der Waals surface area contributed by atoms with Gasteiger partial charge in [-0.1, -0.05) is 36.0 Å². The van der Waals surface area contributed by atoms with Crippen molar-refractivity contribution in [3.8, 4) is 5.75 Å². The molecule has 1 aliphatic heterocycles. The highest BCUT2D eigenvalue weighted by Gasteiger charge is 2.31. The number of carbonyl (C=O) groups excluding carboxylic acids is 1. The smallest absolute Gasteiger partial charge is 0.406 e. The zero-order valence-corrected chi connectivity index (χ0v) is 15.6. The number of benzene rings is 3. The minimum absolute atomic E-state index is 0.0881. The molecule has 3 aromatic carbocycles. The van der Waals surface area contributed by atoms with Crippen LogP contribution in [0.15, 0.2) is 65.7 Å². The van der Waals surface area contributed by atoms with Crippen molar-refractivity contribution in [2.75, 3.05) is 16.4 Å². The van der Waals surface area contributed by atoms with E-state index in [2.05, 4.69) is 20.4 Å². The summed E-state index contributed by atoms with van der Waals surface area (Å²) in [4.78, 5) is 16.7. The van der Waals surface area contributed by atoms with Crippen LogP contribution in [0.3, 0.4) is 0 Å². The van der Waals surface area contributed by atoms with Crippen molar-refractivity contribution in [3.05, 3.63) is 60.7 Å². The Hall–Kier alpha value is -3.20. The van der Waals surface area contributed by atoms with Gasteiger partial charge in [0.2, 0.25) is 5.91 Å². The van der Waals surface area contributed by atoms with E-state index in [0.717, 1.165) is 34.3 Å². The Morgan fingerprint density at radius 3 is 2.52 bits per heavy atom. The number of alkyl halides is 3. The molecule has 5 nitrogen and oxygen atoms in total. The van der Waals surface area contributed by atoms with Crippen molar-refractivity contribution in [2.24, 2.45) is 4.99 Å². The van der Waals surface area contributed by atoms with Crippen LogP contribution in [0.25, 0.3) is 10.8 Å². The maximum Gasteiger partial charge on any atom is 0.573 e. The summed E-state index contributed by atoms with van der Waals surface area (Å²) >= 11 is 1.24. The summed E-state index contributed by atoms with van der Waals surface area (Å²) in [5, 5.41) is 8.56. The fraction of sp³-hybridized carbons (Fsp3) is 0.100. The molecule has 29 heavy (non-hydrogen) atoms. The van der Waals surface area contributed by atoms with Crippen LogP contribution in [-0.2, 0) is 4.79 Å². The molecule has 0 aliphatic carbocycles. The Morgan fingerprint density at radius 1 is 1.07 bits per heavy atom. The summed E-state index contributed by atoms with van der Waals surface area (Å²) < 4.78 is 40.3. The first-order chi connectivity index (χ1) is 13.9. The number of anilines is 2. The molecule has 3 aromatic rings. The predicted octanol–water partition coefficient (Wildman–Crippen LogP) is 5.52. The Bertz CT molecular complexity index is 1090. The molecule has 0 saturated heterocycles. The largest absolute Gasteiger partial charge is 0.573 e. The van der Waals surface area contributed by atoms with E-state index in [1.807, 2.05) is 36.4 Å². The van der Waals surface area contributed by atoms with Crippen molar-refractivity contribution in [3.63, 3.8) is 0 Å². The van der Waals surface area contributed by atoms with Crippen LogP contribution in [0.2, 0.25) is 0 Å². The van der Waals surface area contributed by atoms with E-state index in [-0.39, 0.29) is 17.4 Å². The molecule has 0 aromatic heterocycles. The van der Waals surface area contributed by atoms with Gasteiger partial charge in [-0.15, -0.1) is 13.2 Å². The molecule has 148 valence electrons. The Balaban J connectivity index is 1.37. The van der Waals surface area contributed by atoms with Gasteiger partial charge in [0.1, 0.15) is 5.75 Å². The molecule has 0 atom stereocenters. The van der Waals surface area contributed by atoms with E-state index in [4.69, 9.17) is 0 Å². The number of nitrogens with one attached hydrogen (secondary N) is 2. The summed E-state index contributed by atoms with van der Waals surface area (Å²) in [7, 11) is 0. The second-order valence-electron chi connectivity index (χ2n) is 6.13. The molecule has 0 radical (unpaired) electrons. The van der Waals surface area contributed by atoms with Gasteiger partial charge in [-0.2, -0.15) is 0 Å². The van der Waals surface area contributed by atoms with Crippen LogP contribution in [-0.4, -0.2) is 23.2 Å². The summed E-state index contributed by atoms with van der Waals surface area (Å²) in [5.74, 6) is -0.565. The maximum atomic E-state index is 12.2. The minimum atomic E-state index is -4.75. The molecule has 0 saturated carbocycles. The third-order valence-electron chi connectivity index (χ3n) is 4.06. The normalized spacial score (nSPS) is 12.9. The average molecular weight is 417 g/mol. The van der Waals surface area contributed by atoms with Crippen molar-refractivity contribution >= 4 is 50.7 Å². The molecule has 0 fully saturated rings.